The molecule has 5 nitrogen and oxygen atoms in total. The van der Waals surface area contributed by atoms with E-state index >= 15 is 0 Å². The van der Waals surface area contributed by atoms with Gasteiger partial charge in [-0.1, -0.05) is 121 Å². The van der Waals surface area contributed by atoms with Crippen molar-refractivity contribution in [2.45, 2.75) is 0 Å². The number of aromatic nitrogens is 5. The lowest BCUT2D eigenvalue weighted by molar-refractivity contribution is 1.17. The Kier molecular flexibility index (Phi) is 7.41. The summed E-state index contributed by atoms with van der Waals surface area (Å²) in [6.45, 7) is 0. The molecule has 0 atom stereocenters. The molecule has 0 N–H and O–H groups in total. The average Bonchev–Trinajstić information content (AvgIpc) is 3.21. The molecule has 0 aliphatic carbocycles. The minimum Gasteiger partial charge on any atom is -0.254 e. The van der Waals surface area contributed by atoms with Gasteiger partial charge < -0.3 is 0 Å². The predicted molar refractivity (Wildman–Crippen MR) is 203 cm³/mol. The molecule has 0 bridgehead atoms. The van der Waals surface area contributed by atoms with E-state index in [0.717, 1.165) is 72.8 Å². The summed E-state index contributed by atoms with van der Waals surface area (Å²) in [5.41, 5.74) is 9.83. The maximum atomic E-state index is 5.13. The molecule has 5 heteroatoms. The highest BCUT2D eigenvalue weighted by Crippen LogP contribution is 2.33. The van der Waals surface area contributed by atoms with Gasteiger partial charge >= 0.3 is 0 Å². The molecule has 0 saturated carbocycles. The monoisotopic (exact) mass is 639 g/mol. The van der Waals surface area contributed by atoms with Crippen LogP contribution >= 0.6 is 0 Å². The Labute approximate surface area is 289 Å². The number of rotatable bonds is 6. The van der Waals surface area contributed by atoms with Crippen LogP contribution in [0.4, 0.5) is 0 Å². The zero-order valence-electron chi connectivity index (χ0n) is 27.0. The zero-order valence-corrected chi connectivity index (χ0v) is 27.0. The summed E-state index contributed by atoms with van der Waals surface area (Å²) in [5.74, 6) is 0.670. The molecule has 0 unspecified atom stereocenters. The van der Waals surface area contributed by atoms with Crippen molar-refractivity contribution in [1.29, 1.82) is 0 Å². The van der Waals surface area contributed by atoms with E-state index in [1.165, 1.54) is 10.8 Å². The van der Waals surface area contributed by atoms with Gasteiger partial charge in [0.2, 0.25) is 0 Å². The molecular weight excluding hydrogens is 611 g/mol. The molecule has 50 heavy (non-hydrogen) atoms. The van der Waals surface area contributed by atoms with Crippen LogP contribution in [0.3, 0.4) is 0 Å². The first-order valence-corrected chi connectivity index (χ1v) is 16.6. The Morgan fingerprint density at radius 3 is 1.56 bits per heavy atom. The van der Waals surface area contributed by atoms with Gasteiger partial charge in [-0.15, -0.1) is 0 Å². The van der Waals surface area contributed by atoms with Gasteiger partial charge in [0.05, 0.1) is 34.2 Å². The summed E-state index contributed by atoms with van der Waals surface area (Å²) < 4.78 is 0. The van der Waals surface area contributed by atoms with Gasteiger partial charge in [0.25, 0.3) is 0 Å². The van der Waals surface area contributed by atoms with Gasteiger partial charge in [0.15, 0.2) is 5.82 Å². The first-order chi connectivity index (χ1) is 24.7. The smallest absolute Gasteiger partial charge is 0.160 e. The van der Waals surface area contributed by atoms with Crippen LogP contribution < -0.4 is 0 Å². The first kappa shape index (κ1) is 29.3. The summed E-state index contributed by atoms with van der Waals surface area (Å²) in [7, 11) is 0. The maximum Gasteiger partial charge on any atom is 0.160 e. The Morgan fingerprint density at radius 1 is 0.260 bits per heavy atom. The number of hydrogen-bond acceptors (Lipinski definition) is 5. The fourth-order valence-electron chi connectivity index (χ4n) is 6.32. The van der Waals surface area contributed by atoms with E-state index in [1.54, 1.807) is 0 Å². The molecule has 9 aromatic rings. The number of pyridine rings is 3. The van der Waals surface area contributed by atoms with Crippen LogP contribution in [0.2, 0.25) is 0 Å². The third-order valence-electron chi connectivity index (χ3n) is 8.95. The quantitative estimate of drug-likeness (QED) is 0.181. The normalized spacial score (nSPS) is 11.2. The van der Waals surface area contributed by atoms with Crippen LogP contribution in [0.15, 0.2) is 176 Å². The second kappa shape index (κ2) is 12.6. The molecule has 0 amide bonds. The van der Waals surface area contributed by atoms with Crippen molar-refractivity contribution in [3.63, 3.8) is 0 Å². The maximum absolute atomic E-state index is 5.13. The second-order valence-corrected chi connectivity index (χ2v) is 12.2. The standard InChI is InChI=1S/C45H29N5/c1-3-12-31(13-4-1)40-27-41(50-45(49-40)32-14-5-2-6-15-32)37-21-22-39(46-29-37)43-25-38(35-20-19-30-11-7-8-16-33(30)23-35)26-44(48-43)42-24-34-17-9-10-18-36(34)28-47-42/h1-29H. The number of fused-ring (bicyclic) bond motifs is 2. The second-order valence-electron chi connectivity index (χ2n) is 12.2. The van der Waals surface area contributed by atoms with Gasteiger partial charge in [-0.3, -0.25) is 9.97 Å². The van der Waals surface area contributed by atoms with Crippen molar-refractivity contribution in [3.8, 4) is 67.8 Å². The Morgan fingerprint density at radius 2 is 0.840 bits per heavy atom. The van der Waals surface area contributed by atoms with E-state index in [-0.39, 0.29) is 0 Å². The van der Waals surface area contributed by atoms with E-state index in [1.807, 2.05) is 85.2 Å². The van der Waals surface area contributed by atoms with Crippen molar-refractivity contribution in [2.24, 2.45) is 0 Å². The SMILES string of the molecule is c1ccc(-c2cc(-c3ccc(-c4cc(-c5ccc6ccccc6c5)cc(-c5cc6ccccc6cn5)n4)nc3)nc(-c3ccccc3)n2)cc1. The van der Waals surface area contributed by atoms with Crippen LogP contribution in [-0.2, 0) is 0 Å². The number of hydrogen-bond donors (Lipinski definition) is 0. The Hall–Kier alpha value is -6.85. The lowest BCUT2D eigenvalue weighted by Gasteiger charge is -2.12. The predicted octanol–water partition coefficient (Wildman–Crippen LogP) is 11.0. The zero-order chi connectivity index (χ0) is 33.3. The van der Waals surface area contributed by atoms with E-state index in [4.69, 9.17) is 24.9 Å². The molecule has 0 radical (unpaired) electrons. The Bertz CT molecular complexity index is 2480. The molecule has 0 fully saturated rings. The molecule has 0 aliphatic rings. The summed E-state index contributed by atoms with van der Waals surface area (Å²) >= 11 is 0. The van der Waals surface area contributed by atoms with Crippen LogP contribution in [0, 0.1) is 0 Å². The topological polar surface area (TPSA) is 64.5 Å². The van der Waals surface area contributed by atoms with Crippen molar-refractivity contribution >= 4 is 21.5 Å². The van der Waals surface area contributed by atoms with Crippen LogP contribution in [0.5, 0.6) is 0 Å². The lowest BCUT2D eigenvalue weighted by Crippen LogP contribution is -1.97. The Balaban J connectivity index is 1.15. The third-order valence-corrected chi connectivity index (χ3v) is 8.95. The molecule has 5 aromatic carbocycles. The minimum absolute atomic E-state index is 0.670. The van der Waals surface area contributed by atoms with Crippen molar-refractivity contribution in [1.82, 2.24) is 24.9 Å². The van der Waals surface area contributed by atoms with E-state index < -0.39 is 0 Å². The first-order valence-electron chi connectivity index (χ1n) is 16.6. The molecule has 0 aliphatic heterocycles. The van der Waals surface area contributed by atoms with E-state index in [9.17, 15) is 0 Å². The summed E-state index contributed by atoms with van der Waals surface area (Å²) in [5, 5.41) is 4.60. The summed E-state index contributed by atoms with van der Waals surface area (Å²) in [6, 6.07) is 56.0. The van der Waals surface area contributed by atoms with Crippen molar-refractivity contribution < 1.29 is 0 Å². The van der Waals surface area contributed by atoms with Crippen molar-refractivity contribution in [3.05, 3.63) is 176 Å². The molecule has 0 saturated heterocycles. The molecule has 234 valence electrons. The molecule has 9 rings (SSSR count). The molecule has 4 aromatic heterocycles. The number of benzene rings is 5. The van der Waals surface area contributed by atoms with Gasteiger partial charge in [0.1, 0.15) is 0 Å². The highest BCUT2D eigenvalue weighted by molar-refractivity contribution is 5.89. The third kappa shape index (κ3) is 5.78. The largest absolute Gasteiger partial charge is 0.254 e. The summed E-state index contributed by atoms with van der Waals surface area (Å²) in [6.07, 6.45) is 3.79. The van der Waals surface area contributed by atoms with Crippen molar-refractivity contribution in [2.75, 3.05) is 0 Å². The van der Waals surface area contributed by atoms with E-state index in [0.29, 0.717) is 5.82 Å². The van der Waals surface area contributed by atoms with Gasteiger partial charge in [-0.05, 0) is 69.8 Å². The minimum atomic E-state index is 0.670. The molecule has 0 spiro atoms. The van der Waals surface area contributed by atoms with Crippen LogP contribution in [0.25, 0.3) is 89.4 Å². The molecular formula is C45H29N5. The van der Waals surface area contributed by atoms with Gasteiger partial charge in [-0.2, -0.15) is 0 Å². The van der Waals surface area contributed by atoms with E-state index in [2.05, 4.69) is 91.0 Å². The fourth-order valence-corrected chi connectivity index (χ4v) is 6.32. The molecule has 4 heterocycles. The van der Waals surface area contributed by atoms with Gasteiger partial charge in [-0.25, -0.2) is 15.0 Å². The van der Waals surface area contributed by atoms with Crippen LogP contribution in [-0.4, -0.2) is 24.9 Å². The lowest BCUT2D eigenvalue weighted by atomic mass is 9.99. The van der Waals surface area contributed by atoms with Crippen LogP contribution in [0.1, 0.15) is 0 Å². The highest BCUT2D eigenvalue weighted by Gasteiger charge is 2.14. The summed E-state index contributed by atoms with van der Waals surface area (Å²) in [4.78, 5) is 24.8. The van der Waals surface area contributed by atoms with Gasteiger partial charge in [0, 0.05) is 34.5 Å². The fraction of sp³-hybridized carbons (Fsp3) is 0. The highest BCUT2D eigenvalue weighted by atomic mass is 14.9. The average molecular weight is 640 g/mol. The number of nitrogens with zero attached hydrogens (tertiary/aromatic N) is 5.